The fraction of sp³-hybridized carbons (Fsp3) is 0.778. The van der Waals surface area contributed by atoms with E-state index in [4.69, 9.17) is 5.11 Å². The molecule has 1 atom stereocenters. The highest BCUT2D eigenvalue weighted by molar-refractivity contribution is 5.78. The normalized spacial score (nSPS) is 20.7. The molecule has 5 nitrogen and oxygen atoms in total. The van der Waals surface area contributed by atoms with Crippen molar-refractivity contribution in [3.05, 3.63) is 0 Å². The Morgan fingerprint density at radius 3 is 2.59 bits per heavy atom. The molecule has 0 saturated carbocycles. The third kappa shape index (κ3) is 5.53. The van der Waals surface area contributed by atoms with Gasteiger partial charge in [0.1, 0.15) is 0 Å². The first kappa shape index (κ1) is 13.8. The Morgan fingerprint density at radius 2 is 2.18 bits per heavy atom. The van der Waals surface area contributed by atoms with Crippen LogP contribution in [0.3, 0.4) is 0 Å². The smallest absolute Gasteiger partial charge is 0.401 e. The lowest BCUT2D eigenvalue weighted by atomic mass is 10.2. The van der Waals surface area contributed by atoms with Gasteiger partial charge in [0, 0.05) is 19.0 Å². The summed E-state index contributed by atoms with van der Waals surface area (Å²) >= 11 is 0. The van der Waals surface area contributed by atoms with Crippen LogP contribution in [-0.4, -0.2) is 53.7 Å². The van der Waals surface area contributed by atoms with Gasteiger partial charge in [0.25, 0.3) is 0 Å². The van der Waals surface area contributed by atoms with Crippen molar-refractivity contribution in [3.8, 4) is 0 Å². The monoisotopic (exact) mass is 254 g/mol. The molecule has 1 unspecified atom stereocenters. The van der Waals surface area contributed by atoms with Gasteiger partial charge in [-0.05, 0) is 6.42 Å². The van der Waals surface area contributed by atoms with E-state index in [0.29, 0.717) is 6.42 Å². The summed E-state index contributed by atoms with van der Waals surface area (Å²) in [6, 6.07) is -0.399. The average molecular weight is 254 g/mol. The Morgan fingerprint density at radius 1 is 1.53 bits per heavy atom. The molecule has 2 N–H and O–H groups in total. The molecule has 1 aliphatic heterocycles. The van der Waals surface area contributed by atoms with Crippen LogP contribution in [0.4, 0.5) is 13.2 Å². The van der Waals surface area contributed by atoms with E-state index in [0.717, 1.165) is 4.90 Å². The lowest BCUT2D eigenvalue weighted by Gasteiger charge is -2.24. The van der Waals surface area contributed by atoms with Crippen LogP contribution in [0.25, 0.3) is 0 Å². The number of nitrogens with zero attached hydrogens (tertiary/aromatic N) is 1. The first-order chi connectivity index (χ1) is 7.76. The zero-order valence-electron chi connectivity index (χ0n) is 8.96. The van der Waals surface area contributed by atoms with Crippen molar-refractivity contribution in [2.75, 3.05) is 19.6 Å². The van der Waals surface area contributed by atoms with Crippen LogP contribution >= 0.6 is 0 Å². The summed E-state index contributed by atoms with van der Waals surface area (Å²) < 4.78 is 36.6. The van der Waals surface area contributed by atoms with Crippen LogP contribution in [0.15, 0.2) is 0 Å². The van der Waals surface area contributed by atoms with E-state index < -0.39 is 31.3 Å². The molecule has 1 fully saturated rings. The van der Waals surface area contributed by atoms with Gasteiger partial charge in [0.05, 0.1) is 13.1 Å². The van der Waals surface area contributed by atoms with E-state index in [1.807, 2.05) is 0 Å². The highest BCUT2D eigenvalue weighted by atomic mass is 19.4. The second kappa shape index (κ2) is 5.35. The summed E-state index contributed by atoms with van der Waals surface area (Å²) in [4.78, 5) is 22.1. The van der Waals surface area contributed by atoms with Crippen LogP contribution in [-0.2, 0) is 9.59 Å². The van der Waals surface area contributed by atoms with Gasteiger partial charge in [-0.25, -0.2) is 0 Å². The minimum Gasteiger partial charge on any atom is -0.480 e. The zero-order chi connectivity index (χ0) is 13.1. The second-order valence-corrected chi connectivity index (χ2v) is 3.98. The molecule has 1 rings (SSSR count). The summed E-state index contributed by atoms with van der Waals surface area (Å²) in [7, 11) is 0. The highest BCUT2D eigenvalue weighted by Crippen LogP contribution is 2.17. The lowest BCUT2D eigenvalue weighted by Crippen LogP contribution is -2.45. The number of aliphatic carboxylic acids is 1. The summed E-state index contributed by atoms with van der Waals surface area (Å²) in [6.45, 7) is -2.07. The maximum absolute atomic E-state index is 12.2. The van der Waals surface area contributed by atoms with Crippen LogP contribution in [0.5, 0.6) is 0 Å². The van der Waals surface area contributed by atoms with Crippen molar-refractivity contribution in [2.24, 2.45) is 0 Å². The van der Waals surface area contributed by atoms with Crippen LogP contribution in [0.2, 0.25) is 0 Å². The Balaban J connectivity index is 2.51. The number of halogens is 3. The number of carbonyl (C=O) groups excluding carboxylic acids is 1. The number of carboxylic acids is 1. The van der Waals surface area contributed by atoms with Gasteiger partial charge < -0.3 is 10.4 Å². The van der Waals surface area contributed by atoms with E-state index in [9.17, 15) is 22.8 Å². The molecule has 0 spiro atoms. The quantitative estimate of drug-likeness (QED) is 0.736. The molecule has 1 saturated heterocycles. The molecule has 98 valence electrons. The van der Waals surface area contributed by atoms with E-state index >= 15 is 0 Å². The summed E-state index contributed by atoms with van der Waals surface area (Å²) in [5.41, 5.74) is 0. The van der Waals surface area contributed by atoms with Crippen LogP contribution in [0.1, 0.15) is 12.8 Å². The fourth-order valence-corrected chi connectivity index (χ4v) is 1.76. The van der Waals surface area contributed by atoms with Gasteiger partial charge in [-0.3, -0.25) is 14.5 Å². The molecule has 0 bridgehead atoms. The van der Waals surface area contributed by atoms with E-state index in [1.165, 1.54) is 0 Å². The fourth-order valence-electron chi connectivity index (χ4n) is 1.76. The van der Waals surface area contributed by atoms with Gasteiger partial charge >= 0.3 is 12.1 Å². The maximum atomic E-state index is 12.2. The summed E-state index contributed by atoms with van der Waals surface area (Å²) in [6.07, 6.45) is -3.73. The molecular weight excluding hydrogens is 241 g/mol. The largest absolute Gasteiger partial charge is 0.480 e. The minimum atomic E-state index is -4.45. The average Bonchev–Trinajstić information content (AvgIpc) is 2.46. The molecule has 0 aromatic carbocycles. The zero-order valence-corrected chi connectivity index (χ0v) is 8.96. The van der Waals surface area contributed by atoms with Crippen molar-refractivity contribution in [1.29, 1.82) is 0 Å². The third-order valence-corrected chi connectivity index (χ3v) is 2.33. The van der Waals surface area contributed by atoms with E-state index in [-0.39, 0.29) is 18.9 Å². The highest BCUT2D eigenvalue weighted by Gasteiger charge is 2.33. The predicted octanol–water partition coefficient (Wildman–Crippen LogP) is 0.214. The van der Waals surface area contributed by atoms with Crippen LogP contribution in [0, 0.1) is 0 Å². The number of carbonyl (C=O) groups is 2. The second-order valence-electron chi connectivity index (χ2n) is 3.98. The molecule has 1 heterocycles. The number of nitrogens with one attached hydrogen (secondary N) is 1. The molecular formula is C9H13F3N2O3. The SMILES string of the molecule is O=C(O)CN(CC1CCC(=O)N1)CC(F)(F)F. The Hall–Kier alpha value is -1.31. The van der Waals surface area contributed by atoms with Gasteiger partial charge in [0.2, 0.25) is 5.91 Å². The molecule has 8 heteroatoms. The molecule has 0 aromatic heterocycles. The van der Waals surface area contributed by atoms with Crippen molar-refractivity contribution in [1.82, 2.24) is 10.2 Å². The maximum Gasteiger partial charge on any atom is 0.401 e. The van der Waals surface area contributed by atoms with Gasteiger partial charge in [0.15, 0.2) is 0 Å². The third-order valence-electron chi connectivity index (χ3n) is 2.33. The number of hydrogen-bond donors (Lipinski definition) is 2. The molecule has 1 amide bonds. The van der Waals surface area contributed by atoms with E-state index in [1.54, 1.807) is 0 Å². The molecule has 0 aliphatic carbocycles. The first-order valence-corrected chi connectivity index (χ1v) is 5.06. The number of carboxylic acid groups (broad SMARTS) is 1. The van der Waals surface area contributed by atoms with Crippen molar-refractivity contribution < 1.29 is 27.9 Å². The Bertz CT molecular complexity index is 306. The number of amides is 1. The lowest BCUT2D eigenvalue weighted by molar-refractivity contribution is -0.154. The Kier molecular flexibility index (Phi) is 4.33. The number of rotatable bonds is 5. The van der Waals surface area contributed by atoms with Gasteiger partial charge in [-0.2, -0.15) is 13.2 Å². The molecule has 17 heavy (non-hydrogen) atoms. The molecule has 1 aliphatic rings. The van der Waals surface area contributed by atoms with Gasteiger partial charge in [-0.1, -0.05) is 0 Å². The first-order valence-electron chi connectivity index (χ1n) is 5.06. The number of hydrogen-bond acceptors (Lipinski definition) is 3. The number of alkyl halides is 3. The molecule has 0 aromatic rings. The summed E-state index contributed by atoms with van der Waals surface area (Å²) in [5, 5.41) is 11.0. The standard InChI is InChI=1S/C9H13F3N2O3/c10-9(11,12)5-14(4-8(16)17)3-6-1-2-7(15)13-6/h6H,1-5H2,(H,13,15)(H,16,17). The Labute approximate surface area is 95.6 Å². The van der Waals surface area contributed by atoms with Gasteiger partial charge in [-0.15, -0.1) is 0 Å². The topological polar surface area (TPSA) is 69.6 Å². The molecule has 0 radical (unpaired) electrons. The van der Waals surface area contributed by atoms with Crippen molar-refractivity contribution in [2.45, 2.75) is 25.1 Å². The van der Waals surface area contributed by atoms with E-state index in [2.05, 4.69) is 5.32 Å². The van der Waals surface area contributed by atoms with Crippen molar-refractivity contribution in [3.63, 3.8) is 0 Å². The predicted molar refractivity (Wildman–Crippen MR) is 51.3 cm³/mol. The van der Waals surface area contributed by atoms with Crippen molar-refractivity contribution >= 4 is 11.9 Å². The van der Waals surface area contributed by atoms with Crippen LogP contribution < -0.4 is 5.32 Å². The minimum absolute atomic E-state index is 0.0997. The summed E-state index contributed by atoms with van der Waals surface area (Å²) in [5.74, 6) is -1.53.